The molecule has 0 atom stereocenters. The van der Waals surface area contributed by atoms with Gasteiger partial charge in [0.05, 0.1) is 17.1 Å². The molecule has 2 aromatic carbocycles. The van der Waals surface area contributed by atoms with E-state index in [1.54, 1.807) is 0 Å². The molecule has 31 heavy (non-hydrogen) atoms. The smallest absolute Gasteiger partial charge is 0.323 e. The summed E-state index contributed by atoms with van der Waals surface area (Å²) in [7, 11) is 0. The number of fused-ring (bicyclic) bond motifs is 1. The van der Waals surface area contributed by atoms with E-state index in [4.69, 9.17) is 9.72 Å². The van der Waals surface area contributed by atoms with Crippen LogP contribution in [0, 0.1) is 6.92 Å². The molecule has 0 saturated carbocycles. The minimum absolute atomic E-state index is 0.115. The van der Waals surface area contributed by atoms with E-state index in [9.17, 15) is 4.79 Å². The van der Waals surface area contributed by atoms with Crippen LogP contribution in [-0.4, -0.2) is 46.2 Å². The minimum atomic E-state index is -0.290. The van der Waals surface area contributed by atoms with Crippen molar-refractivity contribution in [1.82, 2.24) is 14.5 Å². The molecule has 1 aliphatic rings. The zero-order chi connectivity index (χ0) is 21.8. The number of hydrogen-bond donors (Lipinski definition) is 2. The monoisotopic (exact) mass is 421 g/mol. The van der Waals surface area contributed by atoms with E-state index in [0.717, 1.165) is 35.7 Å². The van der Waals surface area contributed by atoms with Crippen molar-refractivity contribution in [2.45, 2.75) is 46.3 Å². The molecule has 1 aliphatic heterocycles. The SMILES string of the molecule is Cc1nc2cc(NC(=O)Nc3ccc(OC(C)C)cc3)ccc2n1CCN1CCCC1. The molecule has 3 aromatic rings. The van der Waals surface area contributed by atoms with Crippen LogP contribution in [0.4, 0.5) is 16.2 Å². The highest BCUT2D eigenvalue weighted by molar-refractivity contribution is 6.00. The molecule has 1 saturated heterocycles. The Hall–Kier alpha value is -3.06. The summed E-state index contributed by atoms with van der Waals surface area (Å²) in [6.45, 7) is 10.4. The van der Waals surface area contributed by atoms with E-state index < -0.39 is 0 Å². The number of ether oxygens (including phenoxy) is 1. The number of imidazole rings is 1. The van der Waals surface area contributed by atoms with Crippen molar-refractivity contribution in [3.63, 3.8) is 0 Å². The summed E-state index contributed by atoms with van der Waals surface area (Å²) in [5.74, 6) is 1.78. The lowest BCUT2D eigenvalue weighted by Crippen LogP contribution is -2.24. The van der Waals surface area contributed by atoms with Crippen molar-refractivity contribution in [3.8, 4) is 5.75 Å². The summed E-state index contributed by atoms with van der Waals surface area (Å²) in [6.07, 6.45) is 2.72. The largest absolute Gasteiger partial charge is 0.491 e. The normalized spacial score (nSPS) is 14.3. The Morgan fingerprint density at radius 2 is 1.71 bits per heavy atom. The van der Waals surface area contributed by atoms with Crippen LogP contribution in [0.2, 0.25) is 0 Å². The number of aryl methyl sites for hydroxylation is 1. The minimum Gasteiger partial charge on any atom is -0.491 e. The zero-order valence-corrected chi connectivity index (χ0v) is 18.5. The molecule has 0 unspecified atom stereocenters. The van der Waals surface area contributed by atoms with Gasteiger partial charge in [0.25, 0.3) is 0 Å². The average molecular weight is 422 g/mol. The highest BCUT2D eigenvalue weighted by atomic mass is 16.5. The van der Waals surface area contributed by atoms with Crippen molar-refractivity contribution in [2.24, 2.45) is 0 Å². The van der Waals surface area contributed by atoms with Crippen LogP contribution in [0.1, 0.15) is 32.5 Å². The van der Waals surface area contributed by atoms with E-state index in [0.29, 0.717) is 11.4 Å². The number of urea groups is 1. The Kier molecular flexibility index (Phi) is 6.42. The fourth-order valence-corrected chi connectivity index (χ4v) is 4.04. The van der Waals surface area contributed by atoms with Crippen LogP contribution in [0.5, 0.6) is 5.75 Å². The van der Waals surface area contributed by atoms with E-state index in [1.807, 2.05) is 63.2 Å². The van der Waals surface area contributed by atoms with Crippen LogP contribution in [0.3, 0.4) is 0 Å². The van der Waals surface area contributed by atoms with Gasteiger partial charge in [-0.3, -0.25) is 0 Å². The Bertz CT molecular complexity index is 1040. The number of nitrogens with one attached hydrogen (secondary N) is 2. The number of aromatic nitrogens is 2. The first-order chi connectivity index (χ1) is 15.0. The van der Waals surface area contributed by atoms with Gasteiger partial charge in [0.2, 0.25) is 0 Å². The highest BCUT2D eigenvalue weighted by Crippen LogP contribution is 2.22. The molecule has 0 radical (unpaired) electrons. The second kappa shape index (κ2) is 9.39. The van der Waals surface area contributed by atoms with Crippen LogP contribution in [-0.2, 0) is 6.54 Å². The lowest BCUT2D eigenvalue weighted by Gasteiger charge is -2.16. The Morgan fingerprint density at radius 1 is 1.03 bits per heavy atom. The maximum atomic E-state index is 12.4. The van der Waals surface area contributed by atoms with Crippen molar-refractivity contribution in [1.29, 1.82) is 0 Å². The first-order valence-corrected chi connectivity index (χ1v) is 11.0. The van der Waals surface area contributed by atoms with E-state index >= 15 is 0 Å². The first kappa shape index (κ1) is 21.2. The predicted molar refractivity (Wildman–Crippen MR) is 125 cm³/mol. The topological polar surface area (TPSA) is 71.4 Å². The van der Waals surface area contributed by atoms with Crippen molar-refractivity contribution in [3.05, 3.63) is 48.3 Å². The van der Waals surface area contributed by atoms with Crippen LogP contribution < -0.4 is 15.4 Å². The van der Waals surface area contributed by atoms with Crippen LogP contribution in [0.25, 0.3) is 11.0 Å². The summed E-state index contributed by atoms with van der Waals surface area (Å²) in [5.41, 5.74) is 3.42. The molecule has 0 bridgehead atoms. The third-order valence-electron chi connectivity index (χ3n) is 5.52. The highest BCUT2D eigenvalue weighted by Gasteiger charge is 2.14. The number of likely N-dealkylation sites (tertiary alicyclic amines) is 1. The molecule has 2 amide bonds. The van der Waals surface area contributed by atoms with Crippen LogP contribution >= 0.6 is 0 Å². The molecule has 0 aliphatic carbocycles. The van der Waals surface area contributed by atoms with Gasteiger partial charge in [-0.1, -0.05) is 0 Å². The lowest BCUT2D eigenvalue weighted by molar-refractivity contribution is 0.242. The average Bonchev–Trinajstić information content (AvgIpc) is 3.34. The van der Waals surface area contributed by atoms with Gasteiger partial charge in [-0.2, -0.15) is 0 Å². The summed E-state index contributed by atoms with van der Waals surface area (Å²) >= 11 is 0. The molecule has 1 aromatic heterocycles. The quantitative estimate of drug-likeness (QED) is 0.571. The van der Waals surface area contributed by atoms with Gasteiger partial charge in [0, 0.05) is 24.5 Å². The Labute approximate surface area is 183 Å². The fraction of sp³-hybridized carbons (Fsp3) is 0.417. The predicted octanol–water partition coefficient (Wildman–Crippen LogP) is 4.87. The molecular formula is C24H31N5O2. The lowest BCUT2D eigenvalue weighted by atomic mass is 10.2. The van der Waals surface area contributed by atoms with E-state index in [2.05, 4.69) is 20.1 Å². The number of carbonyl (C=O) groups is 1. The van der Waals surface area contributed by atoms with Crippen molar-refractivity contribution >= 4 is 28.4 Å². The second-order valence-electron chi connectivity index (χ2n) is 8.33. The number of anilines is 2. The number of amides is 2. The van der Waals surface area contributed by atoms with Gasteiger partial charge in [0.15, 0.2) is 0 Å². The van der Waals surface area contributed by atoms with Crippen molar-refractivity contribution in [2.75, 3.05) is 30.3 Å². The number of carbonyl (C=O) groups excluding carboxylic acids is 1. The summed E-state index contributed by atoms with van der Waals surface area (Å²) in [6, 6.07) is 12.9. The van der Waals surface area contributed by atoms with Crippen LogP contribution in [0.15, 0.2) is 42.5 Å². The summed E-state index contributed by atoms with van der Waals surface area (Å²) < 4.78 is 7.89. The zero-order valence-electron chi connectivity index (χ0n) is 18.5. The van der Waals surface area contributed by atoms with Gasteiger partial charge < -0.3 is 24.8 Å². The molecule has 164 valence electrons. The number of nitrogens with zero attached hydrogens (tertiary/aromatic N) is 3. The first-order valence-electron chi connectivity index (χ1n) is 11.0. The molecule has 0 spiro atoms. The number of benzene rings is 2. The molecule has 1 fully saturated rings. The van der Waals surface area contributed by atoms with Gasteiger partial charge in [0.1, 0.15) is 11.6 Å². The van der Waals surface area contributed by atoms with Gasteiger partial charge in [-0.25, -0.2) is 9.78 Å². The van der Waals surface area contributed by atoms with Gasteiger partial charge in [-0.05, 0) is 89.2 Å². The molecule has 2 N–H and O–H groups in total. The van der Waals surface area contributed by atoms with Gasteiger partial charge in [-0.15, -0.1) is 0 Å². The third kappa shape index (κ3) is 5.35. The summed E-state index contributed by atoms with van der Waals surface area (Å²) in [5, 5.41) is 5.75. The summed E-state index contributed by atoms with van der Waals surface area (Å²) in [4.78, 5) is 19.6. The fourth-order valence-electron chi connectivity index (χ4n) is 4.04. The molecular weight excluding hydrogens is 390 g/mol. The standard InChI is InChI=1S/C24H31N5O2/c1-17(2)31-21-9-6-19(7-10-21)26-24(30)27-20-8-11-23-22(16-20)25-18(3)29(23)15-14-28-12-4-5-13-28/h6-11,16-17H,4-5,12-15H2,1-3H3,(H2,26,27,30). The Morgan fingerprint density at radius 3 is 2.42 bits per heavy atom. The maximum Gasteiger partial charge on any atom is 0.323 e. The van der Waals surface area contributed by atoms with Crippen molar-refractivity contribution < 1.29 is 9.53 Å². The number of hydrogen-bond acceptors (Lipinski definition) is 4. The maximum absolute atomic E-state index is 12.4. The van der Waals surface area contributed by atoms with E-state index in [-0.39, 0.29) is 12.1 Å². The van der Waals surface area contributed by atoms with E-state index in [1.165, 1.54) is 25.9 Å². The second-order valence-corrected chi connectivity index (χ2v) is 8.33. The molecule has 2 heterocycles. The number of rotatable bonds is 7. The third-order valence-corrected chi connectivity index (χ3v) is 5.52. The molecule has 7 nitrogen and oxygen atoms in total. The molecule has 7 heteroatoms. The Balaban J connectivity index is 1.38. The molecule has 4 rings (SSSR count). The van der Waals surface area contributed by atoms with Gasteiger partial charge >= 0.3 is 6.03 Å².